The number of rotatable bonds is 43. The van der Waals surface area contributed by atoms with Crippen LogP contribution in [0.2, 0.25) is 0 Å². The van der Waals surface area contributed by atoms with Crippen LogP contribution in [0.3, 0.4) is 0 Å². The van der Waals surface area contributed by atoms with E-state index in [-0.39, 0.29) is 12.8 Å². The van der Waals surface area contributed by atoms with Gasteiger partial charge < -0.3 is 50.5 Å². The first kappa shape index (κ1) is 60.1. The van der Waals surface area contributed by atoms with Crippen LogP contribution in [0.5, 0.6) is 0 Å². The zero-order chi connectivity index (χ0) is 46.9. The maximum Gasteiger partial charge on any atom is 0.249 e. The summed E-state index contributed by atoms with van der Waals surface area (Å²) in [6, 6.07) is -1.19. The van der Waals surface area contributed by atoms with Crippen molar-refractivity contribution in [1.29, 1.82) is 0 Å². The van der Waals surface area contributed by atoms with Gasteiger partial charge in [0.05, 0.1) is 25.4 Å². The van der Waals surface area contributed by atoms with E-state index in [9.17, 15) is 40.5 Å². The summed E-state index contributed by atoms with van der Waals surface area (Å²) >= 11 is 0. The molecular formula is C53H97NO10. The number of nitrogens with one attached hydrogen (secondary N) is 1. The number of carbonyl (C=O) groups is 1. The molecule has 1 amide bonds. The highest BCUT2D eigenvalue weighted by Gasteiger charge is 2.44. The summed E-state index contributed by atoms with van der Waals surface area (Å²) in [7, 11) is 0. The van der Waals surface area contributed by atoms with Crippen molar-refractivity contribution in [1.82, 2.24) is 5.32 Å². The standard InChI is InChI=1S/C53H97NO10/c1-3-5-7-9-11-13-15-17-19-21-22-23-25-27-29-31-33-35-37-39-41-46(57)52(62)54-44(43-63-53-51(61)50(60)49(59)47(42-55)64-53)48(58)45(56)40-38-36-34-32-30-28-26-24-20-18-16-14-12-10-8-6-4-2/h5,7,11,13,24,26,32,34,44-51,53,55-61H,3-4,6,8-10,12,14-23,25,27-31,33,35-43H2,1-2H3,(H,54,62)/b7-5-,13-11-,26-24+,34-32+. The Balaban J connectivity index is 2.40. The molecule has 1 aliphatic heterocycles. The van der Waals surface area contributed by atoms with Gasteiger partial charge in [-0.2, -0.15) is 0 Å². The quantitative estimate of drug-likeness (QED) is 0.0216. The maximum absolute atomic E-state index is 13.1. The Morgan fingerprint density at radius 3 is 1.56 bits per heavy atom. The second-order valence-electron chi connectivity index (χ2n) is 18.2. The lowest BCUT2D eigenvalue weighted by Crippen LogP contribution is -2.60. The first-order valence-corrected chi connectivity index (χ1v) is 26.0. The van der Waals surface area contributed by atoms with E-state index in [1.54, 1.807) is 0 Å². The predicted molar refractivity (Wildman–Crippen MR) is 261 cm³/mol. The van der Waals surface area contributed by atoms with Crippen molar-refractivity contribution in [3.63, 3.8) is 0 Å². The molecule has 0 aliphatic carbocycles. The molecule has 0 radical (unpaired) electrons. The molecule has 1 rings (SSSR count). The summed E-state index contributed by atoms with van der Waals surface area (Å²) < 4.78 is 11.1. The highest BCUT2D eigenvalue weighted by molar-refractivity contribution is 5.80. The van der Waals surface area contributed by atoms with E-state index in [1.165, 1.54) is 116 Å². The molecule has 9 atom stereocenters. The zero-order valence-corrected chi connectivity index (χ0v) is 40.5. The SMILES string of the molecule is CC/C=C\C/C=C\CCCCCCCCCCCCCCCC(O)C(=O)NC(COC1OC(CO)C(O)C(O)C1O)C(O)C(O)CCC/C=C/CC/C=C/CCCCCCCCCC. The predicted octanol–water partition coefficient (Wildman–Crippen LogP) is 9.73. The molecule has 1 saturated heterocycles. The number of hydrogen-bond donors (Lipinski definition) is 8. The van der Waals surface area contributed by atoms with Crippen molar-refractivity contribution in [2.45, 2.75) is 268 Å². The van der Waals surface area contributed by atoms with Gasteiger partial charge in [-0.15, -0.1) is 0 Å². The van der Waals surface area contributed by atoms with Gasteiger partial charge in [0.15, 0.2) is 6.29 Å². The summed E-state index contributed by atoms with van der Waals surface area (Å²) in [6.07, 6.45) is 40.1. The minimum Gasteiger partial charge on any atom is -0.394 e. The lowest BCUT2D eigenvalue weighted by molar-refractivity contribution is -0.303. The Morgan fingerprint density at radius 2 is 1.03 bits per heavy atom. The number of carbonyl (C=O) groups excluding carboxylic acids is 1. The minimum absolute atomic E-state index is 0.245. The molecule has 8 N–H and O–H groups in total. The number of allylic oxidation sites excluding steroid dienone is 8. The number of unbranched alkanes of at least 4 members (excludes halogenated alkanes) is 23. The van der Waals surface area contributed by atoms with E-state index < -0.39 is 74.2 Å². The molecule has 1 aliphatic rings. The monoisotopic (exact) mass is 908 g/mol. The van der Waals surface area contributed by atoms with Crippen LogP contribution in [0.25, 0.3) is 0 Å². The average molecular weight is 908 g/mol. The van der Waals surface area contributed by atoms with Crippen molar-refractivity contribution in [2.24, 2.45) is 0 Å². The van der Waals surface area contributed by atoms with Gasteiger partial charge in [0, 0.05) is 0 Å². The van der Waals surface area contributed by atoms with E-state index in [0.717, 1.165) is 51.4 Å². The highest BCUT2D eigenvalue weighted by atomic mass is 16.7. The normalized spacial score (nSPS) is 21.4. The maximum atomic E-state index is 13.1. The molecule has 0 saturated carbocycles. The molecule has 11 nitrogen and oxygen atoms in total. The van der Waals surface area contributed by atoms with Crippen molar-refractivity contribution in [2.75, 3.05) is 13.2 Å². The summed E-state index contributed by atoms with van der Waals surface area (Å²) in [5.74, 6) is -0.712. The third-order valence-electron chi connectivity index (χ3n) is 12.3. The number of aliphatic hydroxyl groups is 7. The van der Waals surface area contributed by atoms with Crippen molar-refractivity contribution < 1.29 is 50.0 Å². The molecular weight excluding hydrogens is 811 g/mol. The largest absolute Gasteiger partial charge is 0.394 e. The highest BCUT2D eigenvalue weighted by Crippen LogP contribution is 2.23. The van der Waals surface area contributed by atoms with E-state index in [2.05, 4.69) is 67.8 Å². The first-order chi connectivity index (χ1) is 31.2. The van der Waals surface area contributed by atoms with Crippen LogP contribution in [0.1, 0.15) is 213 Å². The van der Waals surface area contributed by atoms with E-state index >= 15 is 0 Å². The Labute approximate surface area is 389 Å². The van der Waals surface area contributed by atoms with Crippen LogP contribution < -0.4 is 5.32 Å². The third kappa shape index (κ3) is 31.1. The van der Waals surface area contributed by atoms with Gasteiger partial charge in [0.2, 0.25) is 5.91 Å². The fourth-order valence-corrected chi connectivity index (χ4v) is 8.08. The van der Waals surface area contributed by atoms with E-state index in [0.29, 0.717) is 19.3 Å². The molecule has 374 valence electrons. The Hall–Kier alpha value is -1.93. The number of ether oxygens (including phenoxy) is 2. The lowest BCUT2D eigenvalue weighted by Gasteiger charge is -2.40. The third-order valence-corrected chi connectivity index (χ3v) is 12.3. The van der Waals surface area contributed by atoms with Crippen molar-refractivity contribution in [3.8, 4) is 0 Å². The molecule has 11 heteroatoms. The molecule has 1 fully saturated rings. The van der Waals surface area contributed by atoms with E-state index in [4.69, 9.17) is 9.47 Å². The Morgan fingerprint density at radius 1 is 0.562 bits per heavy atom. The van der Waals surface area contributed by atoms with E-state index in [1.807, 2.05) is 0 Å². The lowest BCUT2D eigenvalue weighted by atomic mass is 9.98. The molecule has 1 heterocycles. The van der Waals surface area contributed by atoms with Crippen LogP contribution in [0.15, 0.2) is 48.6 Å². The molecule has 0 bridgehead atoms. The first-order valence-electron chi connectivity index (χ1n) is 26.0. The smallest absolute Gasteiger partial charge is 0.249 e. The summed E-state index contributed by atoms with van der Waals surface area (Å²) in [5, 5.41) is 75.9. The number of amides is 1. The zero-order valence-electron chi connectivity index (χ0n) is 40.5. The minimum atomic E-state index is -1.67. The topological polar surface area (TPSA) is 189 Å². The Kier molecular flexibility index (Phi) is 39.8. The van der Waals surface area contributed by atoms with Crippen LogP contribution in [0, 0.1) is 0 Å². The van der Waals surface area contributed by atoms with Gasteiger partial charge in [0.1, 0.15) is 36.6 Å². The molecule has 0 spiro atoms. The summed E-state index contributed by atoms with van der Waals surface area (Å²) in [6.45, 7) is 3.33. The Bertz CT molecular complexity index is 1180. The second-order valence-corrected chi connectivity index (χ2v) is 18.2. The van der Waals surface area contributed by atoms with Gasteiger partial charge in [-0.3, -0.25) is 4.79 Å². The van der Waals surface area contributed by atoms with Crippen molar-refractivity contribution >= 4 is 5.91 Å². The fourth-order valence-electron chi connectivity index (χ4n) is 8.08. The average Bonchev–Trinajstić information content (AvgIpc) is 3.29. The van der Waals surface area contributed by atoms with Gasteiger partial charge in [-0.05, 0) is 77.0 Å². The van der Waals surface area contributed by atoms with Crippen LogP contribution in [-0.4, -0.2) is 110 Å². The summed E-state index contributed by atoms with van der Waals surface area (Å²) in [5.41, 5.74) is 0. The van der Waals surface area contributed by atoms with Crippen LogP contribution in [0.4, 0.5) is 0 Å². The van der Waals surface area contributed by atoms with Crippen molar-refractivity contribution in [3.05, 3.63) is 48.6 Å². The molecule has 0 aromatic heterocycles. The fraction of sp³-hybridized carbons (Fsp3) is 0.830. The van der Waals surface area contributed by atoms with Gasteiger partial charge in [-0.1, -0.05) is 184 Å². The van der Waals surface area contributed by atoms with Gasteiger partial charge in [0.25, 0.3) is 0 Å². The van der Waals surface area contributed by atoms with Crippen LogP contribution >= 0.6 is 0 Å². The number of hydrogen-bond acceptors (Lipinski definition) is 10. The second kappa shape index (κ2) is 42.4. The molecule has 0 aromatic carbocycles. The summed E-state index contributed by atoms with van der Waals surface area (Å²) in [4.78, 5) is 13.1. The van der Waals surface area contributed by atoms with Gasteiger partial charge in [-0.25, -0.2) is 0 Å². The van der Waals surface area contributed by atoms with Gasteiger partial charge >= 0.3 is 0 Å². The molecule has 0 aromatic rings. The number of aliphatic hydroxyl groups excluding tert-OH is 7. The van der Waals surface area contributed by atoms with Crippen LogP contribution in [-0.2, 0) is 14.3 Å². The molecule has 9 unspecified atom stereocenters. The molecule has 64 heavy (non-hydrogen) atoms.